The van der Waals surface area contributed by atoms with E-state index >= 15 is 0 Å². The van der Waals surface area contributed by atoms with Gasteiger partial charge in [-0.05, 0) is 43.4 Å². The van der Waals surface area contributed by atoms with Crippen molar-refractivity contribution in [2.45, 2.75) is 24.7 Å². The zero-order valence-electron chi connectivity index (χ0n) is 12.7. The van der Waals surface area contributed by atoms with Crippen LogP contribution in [0.1, 0.15) is 19.8 Å². The molecule has 122 valence electrons. The van der Waals surface area contributed by atoms with Crippen LogP contribution in [0.25, 0.3) is 0 Å². The number of ether oxygens (including phenoxy) is 1. The van der Waals surface area contributed by atoms with E-state index in [0.29, 0.717) is 11.4 Å². The number of ketones is 1. The second kappa shape index (κ2) is 9.93. The molecule has 0 aliphatic heterocycles. The molecule has 0 saturated carbocycles. The van der Waals surface area contributed by atoms with Gasteiger partial charge in [-0.3, -0.25) is 9.59 Å². The van der Waals surface area contributed by atoms with E-state index in [1.807, 2.05) is 24.3 Å². The summed E-state index contributed by atoms with van der Waals surface area (Å²) in [5, 5.41) is 9.45. The van der Waals surface area contributed by atoms with Crippen molar-refractivity contribution >= 4 is 35.1 Å². The Bertz CT molecular complexity index is 632. The van der Waals surface area contributed by atoms with Gasteiger partial charge in [0.05, 0.1) is 0 Å². The number of hydrogen-bond acceptors (Lipinski definition) is 6. The van der Waals surface area contributed by atoms with Crippen molar-refractivity contribution < 1.29 is 14.3 Å². The number of carbonyl (C=O) groups is 2. The van der Waals surface area contributed by atoms with E-state index in [0.717, 1.165) is 10.6 Å². The Balaban J connectivity index is 2.25. The number of Topliss-reactive ketones (excluding diaryl/α,β-unsaturated/α-hetero) is 1. The van der Waals surface area contributed by atoms with Crippen LogP contribution in [-0.4, -0.2) is 24.1 Å². The minimum absolute atomic E-state index is 0.118. The molecule has 0 spiro atoms. The van der Waals surface area contributed by atoms with Crippen LogP contribution in [0.3, 0.4) is 0 Å². The molecule has 0 aliphatic rings. The van der Waals surface area contributed by atoms with Gasteiger partial charge in [0.25, 0.3) is 0 Å². The molecule has 0 aromatic heterocycles. The lowest BCUT2D eigenvalue weighted by atomic mass is 10.1. The highest BCUT2D eigenvalue weighted by atomic mass is 35.5. The smallest absolute Gasteiger partial charge is 0.306 e. The van der Waals surface area contributed by atoms with Crippen LogP contribution < -0.4 is 5.73 Å². The van der Waals surface area contributed by atoms with E-state index in [1.54, 1.807) is 17.8 Å². The first-order valence-electron chi connectivity index (χ1n) is 6.87. The Morgan fingerprint density at radius 1 is 1.35 bits per heavy atom. The largest absolute Gasteiger partial charge is 0.457 e. The van der Waals surface area contributed by atoms with E-state index in [-0.39, 0.29) is 17.7 Å². The van der Waals surface area contributed by atoms with Crippen LogP contribution in [-0.2, 0) is 14.3 Å². The van der Waals surface area contributed by atoms with Gasteiger partial charge in [-0.15, -0.1) is 11.8 Å². The molecule has 0 fully saturated rings. The summed E-state index contributed by atoms with van der Waals surface area (Å²) >= 11 is 7.41. The fourth-order valence-electron chi connectivity index (χ4n) is 1.60. The van der Waals surface area contributed by atoms with Gasteiger partial charge in [0.1, 0.15) is 11.6 Å². The Labute approximate surface area is 144 Å². The van der Waals surface area contributed by atoms with Gasteiger partial charge < -0.3 is 10.5 Å². The van der Waals surface area contributed by atoms with Crippen molar-refractivity contribution in [2.24, 2.45) is 5.73 Å². The number of benzene rings is 1. The average molecular weight is 353 g/mol. The molecule has 5 nitrogen and oxygen atoms in total. The Morgan fingerprint density at radius 2 is 2.00 bits per heavy atom. The summed E-state index contributed by atoms with van der Waals surface area (Å²) in [7, 11) is 0. The van der Waals surface area contributed by atoms with Crippen LogP contribution in [0.2, 0.25) is 5.02 Å². The third-order valence-electron chi connectivity index (χ3n) is 2.76. The maximum absolute atomic E-state index is 11.6. The van der Waals surface area contributed by atoms with Crippen molar-refractivity contribution in [2.75, 3.05) is 12.4 Å². The van der Waals surface area contributed by atoms with E-state index < -0.39 is 18.4 Å². The highest BCUT2D eigenvalue weighted by Gasteiger charge is 2.14. The molecule has 7 heteroatoms. The molecule has 0 unspecified atom stereocenters. The highest BCUT2D eigenvalue weighted by molar-refractivity contribution is 7.99. The van der Waals surface area contributed by atoms with E-state index in [4.69, 9.17) is 27.3 Å². The second-order valence-electron chi connectivity index (χ2n) is 4.66. The number of esters is 1. The number of nitrogens with two attached hydrogens (primary N) is 1. The zero-order valence-corrected chi connectivity index (χ0v) is 14.2. The fourth-order valence-corrected chi connectivity index (χ4v) is 2.58. The number of thioether (sulfide) groups is 1. The summed E-state index contributed by atoms with van der Waals surface area (Å²) < 4.78 is 4.85. The van der Waals surface area contributed by atoms with Gasteiger partial charge >= 0.3 is 5.97 Å². The number of nitrogens with zero attached hydrogens (tertiary/aromatic N) is 1. The SMILES string of the molecule is C/C(N)=C(\C#N)C(=O)COC(=O)CCCSc1ccc(Cl)cc1. The number of carbonyl (C=O) groups excluding carboxylic acids is 2. The first-order valence-corrected chi connectivity index (χ1v) is 8.24. The molecule has 0 amide bonds. The predicted octanol–water partition coefficient (Wildman–Crippen LogP) is 3.08. The van der Waals surface area contributed by atoms with Gasteiger partial charge in [-0.25, -0.2) is 0 Å². The molecular weight excluding hydrogens is 336 g/mol. The number of hydrogen-bond donors (Lipinski definition) is 1. The normalized spacial score (nSPS) is 11.3. The standard InChI is InChI=1S/C16H17ClN2O3S/c1-11(19)14(9-18)15(20)10-22-16(21)3-2-8-23-13-6-4-12(17)5-7-13/h4-7H,2-3,8,10,19H2,1H3/b14-11-. The van der Waals surface area contributed by atoms with E-state index in [9.17, 15) is 9.59 Å². The third-order valence-corrected chi connectivity index (χ3v) is 4.11. The summed E-state index contributed by atoms with van der Waals surface area (Å²) in [5.74, 6) is -0.311. The first kappa shape index (κ1) is 19.1. The molecule has 0 bridgehead atoms. The van der Waals surface area contributed by atoms with Gasteiger partial charge in [0, 0.05) is 22.0 Å². The van der Waals surface area contributed by atoms with Crippen molar-refractivity contribution in [1.82, 2.24) is 0 Å². The van der Waals surface area contributed by atoms with Crippen LogP contribution in [0.15, 0.2) is 40.4 Å². The number of nitriles is 1. The minimum atomic E-state index is -0.587. The number of allylic oxidation sites excluding steroid dienone is 1. The predicted molar refractivity (Wildman–Crippen MR) is 89.9 cm³/mol. The maximum atomic E-state index is 11.6. The van der Waals surface area contributed by atoms with Gasteiger partial charge in [0.2, 0.25) is 5.78 Å². The monoisotopic (exact) mass is 352 g/mol. The lowest BCUT2D eigenvalue weighted by Gasteiger charge is -2.05. The van der Waals surface area contributed by atoms with Gasteiger partial charge in [-0.2, -0.15) is 5.26 Å². The fraction of sp³-hybridized carbons (Fsp3) is 0.312. The van der Waals surface area contributed by atoms with Crippen molar-refractivity contribution in [3.05, 3.63) is 40.6 Å². The van der Waals surface area contributed by atoms with Crippen molar-refractivity contribution in [3.63, 3.8) is 0 Å². The molecule has 0 saturated heterocycles. The quantitative estimate of drug-likeness (QED) is 0.254. The van der Waals surface area contributed by atoms with Crippen molar-refractivity contribution in [3.8, 4) is 6.07 Å². The van der Waals surface area contributed by atoms with Crippen molar-refractivity contribution in [1.29, 1.82) is 5.26 Å². The molecule has 0 atom stereocenters. The lowest BCUT2D eigenvalue weighted by Crippen LogP contribution is -2.17. The third kappa shape index (κ3) is 7.22. The van der Waals surface area contributed by atoms with E-state index in [1.165, 1.54) is 6.92 Å². The second-order valence-corrected chi connectivity index (χ2v) is 6.26. The molecule has 1 aromatic carbocycles. The molecule has 2 N–H and O–H groups in total. The highest BCUT2D eigenvalue weighted by Crippen LogP contribution is 2.21. The summed E-state index contributed by atoms with van der Waals surface area (Å²) in [6.07, 6.45) is 0.832. The average Bonchev–Trinajstić information content (AvgIpc) is 2.51. The van der Waals surface area contributed by atoms with Gasteiger partial charge in [0.15, 0.2) is 6.61 Å². The Hall–Kier alpha value is -1.97. The Kier molecular flexibility index (Phi) is 8.23. The summed E-state index contributed by atoms with van der Waals surface area (Å²) in [4.78, 5) is 24.2. The summed E-state index contributed by atoms with van der Waals surface area (Å²) in [6.45, 7) is 0.993. The van der Waals surface area contributed by atoms with E-state index in [2.05, 4.69) is 0 Å². The van der Waals surface area contributed by atoms with Crippen LogP contribution in [0.4, 0.5) is 0 Å². The molecule has 1 aromatic rings. The Morgan fingerprint density at radius 3 is 2.57 bits per heavy atom. The maximum Gasteiger partial charge on any atom is 0.306 e. The van der Waals surface area contributed by atoms with Crippen LogP contribution in [0, 0.1) is 11.3 Å². The minimum Gasteiger partial charge on any atom is -0.457 e. The number of halogens is 1. The summed E-state index contributed by atoms with van der Waals surface area (Å²) in [5.41, 5.74) is 5.35. The number of rotatable bonds is 8. The van der Waals surface area contributed by atoms with Gasteiger partial charge in [-0.1, -0.05) is 11.6 Å². The first-order chi connectivity index (χ1) is 10.9. The molecule has 0 radical (unpaired) electrons. The molecule has 1 rings (SSSR count). The lowest BCUT2D eigenvalue weighted by molar-refractivity contribution is -0.147. The molecular formula is C16H17ClN2O3S. The van der Waals surface area contributed by atoms with Crippen LogP contribution in [0.5, 0.6) is 0 Å². The molecule has 0 aliphatic carbocycles. The molecule has 0 heterocycles. The molecule has 23 heavy (non-hydrogen) atoms. The van der Waals surface area contributed by atoms with Crippen LogP contribution >= 0.6 is 23.4 Å². The topological polar surface area (TPSA) is 93.2 Å². The zero-order chi connectivity index (χ0) is 17.2. The summed E-state index contributed by atoms with van der Waals surface area (Å²) in [6, 6.07) is 9.14.